The summed E-state index contributed by atoms with van der Waals surface area (Å²) in [6, 6.07) is 6.69. The second-order valence-electron chi connectivity index (χ2n) is 7.63. The molecule has 0 radical (unpaired) electrons. The molecule has 0 aliphatic heterocycles. The zero-order valence-electron chi connectivity index (χ0n) is 18.1. The Hall–Kier alpha value is -3.60. The Labute approximate surface area is 186 Å². The second kappa shape index (κ2) is 8.50. The zero-order valence-corrected chi connectivity index (χ0v) is 18.9. The van der Waals surface area contributed by atoms with Gasteiger partial charge in [-0.05, 0) is 29.5 Å². The lowest BCUT2D eigenvalue weighted by Crippen LogP contribution is -2.29. The van der Waals surface area contributed by atoms with Crippen molar-refractivity contribution in [2.24, 2.45) is 5.92 Å². The third kappa shape index (κ3) is 3.75. The summed E-state index contributed by atoms with van der Waals surface area (Å²) in [5.41, 5.74) is 0.245. The maximum Gasteiger partial charge on any atom is 0.352 e. The monoisotopic (exact) mass is 457 g/mol. The first-order valence-electron chi connectivity index (χ1n) is 9.95. The van der Waals surface area contributed by atoms with E-state index < -0.39 is 11.6 Å². The highest BCUT2D eigenvalue weighted by atomic mass is 32.1. The van der Waals surface area contributed by atoms with Gasteiger partial charge in [0.25, 0.3) is 5.56 Å². The van der Waals surface area contributed by atoms with Crippen LogP contribution in [0.3, 0.4) is 0 Å². The van der Waals surface area contributed by atoms with Gasteiger partial charge in [-0.25, -0.2) is 13.9 Å². The Morgan fingerprint density at radius 1 is 1.19 bits per heavy atom. The number of nitrogens with one attached hydrogen (secondary N) is 1. The van der Waals surface area contributed by atoms with E-state index in [2.05, 4.69) is 10.4 Å². The van der Waals surface area contributed by atoms with Crippen molar-refractivity contribution in [3.05, 3.63) is 50.5 Å². The van der Waals surface area contributed by atoms with Crippen molar-refractivity contribution in [2.45, 2.75) is 26.9 Å². The number of carbonyl (C=O) groups excluding carboxylic acids is 1. The Kier molecular flexibility index (Phi) is 5.74. The lowest BCUT2D eigenvalue weighted by atomic mass is 10.2. The van der Waals surface area contributed by atoms with E-state index in [9.17, 15) is 14.4 Å². The maximum absolute atomic E-state index is 13.1. The SMILES string of the molecule is COc1ccc(NC(=O)Cn2nc3n(CC(C)C)c(=O)c4sccc4n3c2=O)c(OC)c1. The number of rotatable bonds is 7. The number of aromatic nitrogens is 4. The van der Waals surface area contributed by atoms with Gasteiger partial charge in [0.15, 0.2) is 0 Å². The smallest absolute Gasteiger partial charge is 0.352 e. The first kappa shape index (κ1) is 21.6. The molecule has 11 heteroatoms. The summed E-state index contributed by atoms with van der Waals surface area (Å²) in [5, 5.41) is 8.82. The molecule has 0 bridgehead atoms. The van der Waals surface area contributed by atoms with Crippen LogP contribution in [0, 0.1) is 5.92 Å². The molecule has 32 heavy (non-hydrogen) atoms. The number of benzene rings is 1. The van der Waals surface area contributed by atoms with E-state index in [4.69, 9.17) is 9.47 Å². The summed E-state index contributed by atoms with van der Waals surface area (Å²) < 4.78 is 14.9. The van der Waals surface area contributed by atoms with E-state index >= 15 is 0 Å². The predicted octanol–water partition coefficient (Wildman–Crippen LogP) is 2.18. The van der Waals surface area contributed by atoms with Crippen LogP contribution >= 0.6 is 11.3 Å². The lowest BCUT2D eigenvalue weighted by molar-refractivity contribution is -0.117. The number of thiophene rings is 1. The van der Waals surface area contributed by atoms with Crippen LogP contribution < -0.4 is 26.0 Å². The molecule has 4 rings (SSSR count). The number of fused-ring (bicyclic) bond motifs is 3. The quantitative estimate of drug-likeness (QED) is 0.456. The standard InChI is InChI=1S/C21H23N5O5S/c1-12(2)10-24-19(28)18-15(7-8-32-18)26-20(24)23-25(21(26)29)11-17(27)22-14-6-5-13(30-3)9-16(14)31-4/h5-9,12H,10-11H2,1-4H3,(H,22,27). The molecule has 1 amide bonds. The van der Waals surface area contributed by atoms with Gasteiger partial charge >= 0.3 is 5.69 Å². The van der Waals surface area contributed by atoms with E-state index in [0.29, 0.717) is 33.9 Å². The molecule has 0 saturated carbocycles. The fourth-order valence-corrected chi connectivity index (χ4v) is 4.32. The fourth-order valence-electron chi connectivity index (χ4n) is 3.49. The molecule has 168 valence electrons. The molecule has 1 aromatic carbocycles. The Morgan fingerprint density at radius 3 is 2.66 bits per heavy atom. The maximum atomic E-state index is 13.1. The largest absolute Gasteiger partial charge is 0.497 e. The van der Waals surface area contributed by atoms with E-state index in [0.717, 1.165) is 4.68 Å². The third-order valence-electron chi connectivity index (χ3n) is 4.91. The van der Waals surface area contributed by atoms with Gasteiger partial charge in [0.1, 0.15) is 22.7 Å². The summed E-state index contributed by atoms with van der Waals surface area (Å²) in [6.45, 7) is 4.04. The Balaban J connectivity index is 1.73. The van der Waals surface area contributed by atoms with Crippen molar-refractivity contribution >= 4 is 38.9 Å². The minimum Gasteiger partial charge on any atom is -0.497 e. The van der Waals surface area contributed by atoms with Crippen LogP contribution in [0.1, 0.15) is 13.8 Å². The molecule has 3 aromatic heterocycles. The summed E-state index contributed by atoms with van der Waals surface area (Å²) in [7, 11) is 3.02. The number of amides is 1. The van der Waals surface area contributed by atoms with Crippen molar-refractivity contribution < 1.29 is 14.3 Å². The number of methoxy groups -OCH3 is 2. The number of carbonyl (C=O) groups is 1. The fraction of sp³-hybridized carbons (Fsp3) is 0.333. The molecule has 0 saturated heterocycles. The summed E-state index contributed by atoms with van der Waals surface area (Å²) in [6.07, 6.45) is 0. The predicted molar refractivity (Wildman–Crippen MR) is 122 cm³/mol. The molecule has 0 aliphatic carbocycles. The molecule has 0 spiro atoms. The summed E-state index contributed by atoms with van der Waals surface area (Å²) >= 11 is 1.28. The normalized spacial score (nSPS) is 11.4. The van der Waals surface area contributed by atoms with Crippen LogP contribution in [0.5, 0.6) is 11.5 Å². The average Bonchev–Trinajstić information content (AvgIpc) is 3.36. The Morgan fingerprint density at radius 2 is 1.97 bits per heavy atom. The van der Waals surface area contributed by atoms with Gasteiger partial charge in [-0.2, -0.15) is 0 Å². The first-order valence-corrected chi connectivity index (χ1v) is 10.8. The number of nitrogens with zero attached hydrogens (tertiary/aromatic N) is 4. The van der Waals surface area contributed by atoms with Gasteiger partial charge < -0.3 is 14.8 Å². The lowest BCUT2D eigenvalue weighted by Gasteiger charge is -2.11. The molecule has 0 fully saturated rings. The topological polar surface area (TPSA) is 109 Å². The van der Waals surface area contributed by atoms with E-state index in [-0.39, 0.29) is 23.8 Å². The summed E-state index contributed by atoms with van der Waals surface area (Å²) in [5.74, 6) is 0.929. The van der Waals surface area contributed by atoms with E-state index in [1.165, 1.54) is 34.5 Å². The Bertz CT molecular complexity index is 1430. The highest BCUT2D eigenvalue weighted by Crippen LogP contribution is 2.29. The van der Waals surface area contributed by atoms with E-state index in [1.807, 2.05) is 13.8 Å². The van der Waals surface area contributed by atoms with E-state index in [1.54, 1.807) is 29.6 Å². The van der Waals surface area contributed by atoms with Crippen LogP contribution in [0.15, 0.2) is 39.2 Å². The molecule has 1 N–H and O–H groups in total. The van der Waals surface area contributed by atoms with Crippen LogP contribution in [-0.2, 0) is 17.9 Å². The van der Waals surface area contributed by atoms with Crippen molar-refractivity contribution in [3.63, 3.8) is 0 Å². The van der Waals surface area contributed by atoms with Crippen molar-refractivity contribution in [1.29, 1.82) is 0 Å². The molecule has 0 aliphatic rings. The first-order chi connectivity index (χ1) is 15.3. The van der Waals surface area contributed by atoms with Crippen LogP contribution in [0.25, 0.3) is 16.0 Å². The van der Waals surface area contributed by atoms with Crippen LogP contribution in [-0.4, -0.2) is 38.9 Å². The van der Waals surface area contributed by atoms with Gasteiger partial charge in [0.05, 0.1) is 25.4 Å². The van der Waals surface area contributed by atoms with Crippen molar-refractivity contribution in [2.75, 3.05) is 19.5 Å². The van der Waals surface area contributed by atoms with Gasteiger partial charge in [-0.15, -0.1) is 16.4 Å². The van der Waals surface area contributed by atoms with Gasteiger partial charge in [-0.3, -0.25) is 14.2 Å². The minimum absolute atomic E-state index is 0.167. The van der Waals surface area contributed by atoms with Crippen LogP contribution in [0.4, 0.5) is 5.69 Å². The number of anilines is 1. The highest BCUT2D eigenvalue weighted by molar-refractivity contribution is 7.17. The third-order valence-corrected chi connectivity index (χ3v) is 5.80. The minimum atomic E-state index is -0.488. The zero-order chi connectivity index (χ0) is 23.0. The average molecular weight is 458 g/mol. The highest BCUT2D eigenvalue weighted by Gasteiger charge is 2.20. The molecule has 4 aromatic rings. The van der Waals surface area contributed by atoms with Gasteiger partial charge in [0, 0.05) is 12.6 Å². The van der Waals surface area contributed by atoms with Crippen LogP contribution in [0.2, 0.25) is 0 Å². The number of ether oxygens (including phenoxy) is 2. The molecule has 3 heterocycles. The molecule has 0 atom stereocenters. The summed E-state index contributed by atoms with van der Waals surface area (Å²) in [4.78, 5) is 38.8. The number of hydrogen-bond acceptors (Lipinski definition) is 7. The second-order valence-corrected chi connectivity index (χ2v) is 8.55. The molecular formula is C21H23N5O5S. The number of hydrogen-bond donors (Lipinski definition) is 1. The van der Waals surface area contributed by atoms with Crippen molar-refractivity contribution in [1.82, 2.24) is 18.7 Å². The molecular weight excluding hydrogens is 434 g/mol. The van der Waals surface area contributed by atoms with Crippen molar-refractivity contribution in [3.8, 4) is 11.5 Å². The van der Waals surface area contributed by atoms with Gasteiger partial charge in [-0.1, -0.05) is 13.8 Å². The molecule has 10 nitrogen and oxygen atoms in total. The molecule has 0 unspecified atom stereocenters. The van der Waals surface area contributed by atoms with Gasteiger partial charge in [0.2, 0.25) is 11.7 Å².